The molecular weight excluding hydrogens is 258 g/mol. The number of aryl methyl sites for hydroxylation is 1. The lowest BCUT2D eigenvalue weighted by Crippen LogP contribution is -2.11. The highest BCUT2D eigenvalue weighted by molar-refractivity contribution is 7.99. The van der Waals surface area contributed by atoms with Crippen LogP contribution >= 0.6 is 11.8 Å². The van der Waals surface area contributed by atoms with Crippen molar-refractivity contribution in [2.75, 3.05) is 5.75 Å². The van der Waals surface area contributed by atoms with E-state index in [0.717, 1.165) is 27.9 Å². The van der Waals surface area contributed by atoms with Crippen LogP contribution in [0.4, 0.5) is 0 Å². The van der Waals surface area contributed by atoms with Crippen LogP contribution in [0.5, 0.6) is 0 Å². The summed E-state index contributed by atoms with van der Waals surface area (Å²) in [5, 5.41) is 2.17. The van der Waals surface area contributed by atoms with Gasteiger partial charge in [0.15, 0.2) is 5.16 Å². The summed E-state index contributed by atoms with van der Waals surface area (Å²) in [5.41, 5.74) is 2.22. The second kappa shape index (κ2) is 4.66. The number of hydrogen-bond acceptors (Lipinski definition) is 4. The van der Waals surface area contributed by atoms with Crippen molar-refractivity contribution in [2.45, 2.75) is 19.0 Å². The van der Waals surface area contributed by atoms with Crippen LogP contribution in [0.2, 0.25) is 0 Å². The lowest BCUT2D eigenvalue weighted by atomic mass is 10.1. The van der Waals surface area contributed by atoms with Crippen molar-refractivity contribution in [3.05, 3.63) is 40.3 Å². The molecule has 2 heterocycles. The predicted octanol–water partition coefficient (Wildman–Crippen LogP) is 2.89. The minimum atomic E-state index is -0.114. The van der Waals surface area contributed by atoms with Crippen molar-refractivity contribution in [1.82, 2.24) is 15.0 Å². The van der Waals surface area contributed by atoms with E-state index < -0.39 is 0 Å². The highest BCUT2D eigenvalue weighted by atomic mass is 32.2. The largest absolute Gasteiger partial charge is 0.301 e. The number of hydrogen-bond donors (Lipinski definition) is 1. The lowest BCUT2D eigenvalue weighted by molar-refractivity contribution is 0.972. The zero-order valence-corrected chi connectivity index (χ0v) is 11.5. The fourth-order valence-corrected chi connectivity index (χ4v) is 2.79. The standard InChI is InChI=1S/C14H13N3OS/c1-3-19-14-16-12-9-6-4-5-7-10(9)15-8(2)11(12)13(18)17-14/h4-7H,3H2,1-2H3,(H,16,17,18). The molecule has 0 amide bonds. The summed E-state index contributed by atoms with van der Waals surface area (Å²) in [4.78, 5) is 24.1. The van der Waals surface area contributed by atoms with Gasteiger partial charge in [-0.2, -0.15) is 0 Å². The molecule has 2 aromatic heterocycles. The number of thioether (sulfide) groups is 1. The van der Waals surface area contributed by atoms with Gasteiger partial charge in [-0.3, -0.25) is 9.78 Å². The molecule has 3 rings (SSSR count). The van der Waals surface area contributed by atoms with Crippen molar-refractivity contribution in [3.63, 3.8) is 0 Å². The molecule has 1 aromatic carbocycles. The minimum absolute atomic E-state index is 0.114. The van der Waals surface area contributed by atoms with Gasteiger partial charge in [0.2, 0.25) is 0 Å². The molecule has 4 nitrogen and oxygen atoms in total. The van der Waals surface area contributed by atoms with E-state index in [1.807, 2.05) is 38.1 Å². The molecule has 0 radical (unpaired) electrons. The number of nitrogens with one attached hydrogen (secondary N) is 1. The molecule has 0 saturated carbocycles. The first-order valence-electron chi connectivity index (χ1n) is 6.13. The normalized spacial score (nSPS) is 11.3. The van der Waals surface area contributed by atoms with E-state index >= 15 is 0 Å². The van der Waals surface area contributed by atoms with Gasteiger partial charge in [-0.05, 0) is 18.7 Å². The summed E-state index contributed by atoms with van der Waals surface area (Å²) in [6, 6.07) is 7.78. The summed E-state index contributed by atoms with van der Waals surface area (Å²) < 4.78 is 0. The summed E-state index contributed by atoms with van der Waals surface area (Å²) in [5.74, 6) is 0.871. The highest BCUT2D eigenvalue weighted by Crippen LogP contribution is 2.23. The van der Waals surface area contributed by atoms with Crippen molar-refractivity contribution >= 4 is 33.6 Å². The zero-order chi connectivity index (χ0) is 13.4. The van der Waals surface area contributed by atoms with Crippen molar-refractivity contribution in [3.8, 4) is 0 Å². The maximum Gasteiger partial charge on any atom is 0.261 e. The smallest absolute Gasteiger partial charge is 0.261 e. The van der Waals surface area contributed by atoms with E-state index in [2.05, 4.69) is 15.0 Å². The van der Waals surface area contributed by atoms with Gasteiger partial charge in [0.05, 0.1) is 22.1 Å². The summed E-state index contributed by atoms with van der Waals surface area (Å²) in [6.45, 7) is 3.88. The average molecular weight is 271 g/mol. The maximum absolute atomic E-state index is 12.2. The third-order valence-corrected chi connectivity index (χ3v) is 3.74. The minimum Gasteiger partial charge on any atom is -0.301 e. The Labute approximate surface area is 114 Å². The Morgan fingerprint density at radius 2 is 2.05 bits per heavy atom. The number of nitrogens with zero attached hydrogens (tertiary/aromatic N) is 2. The van der Waals surface area contributed by atoms with Gasteiger partial charge < -0.3 is 4.98 Å². The first-order chi connectivity index (χ1) is 9.20. The van der Waals surface area contributed by atoms with E-state index in [9.17, 15) is 4.79 Å². The Balaban J connectivity index is 2.50. The van der Waals surface area contributed by atoms with Crippen LogP contribution in [0.25, 0.3) is 21.8 Å². The molecule has 0 saturated heterocycles. The fourth-order valence-electron chi connectivity index (χ4n) is 2.20. The highest BCUT2D eigenvalue weighted by Gasteiger charge is 2.11. The van der Waals surface area contributed by atoms with E-state index in [4.69, 9.17) is 0 Å². The van der Waals surface area contributed by atoms with Crippen LogP contribution in [0.15, 0.2) is 34.2 Å². The van der Waals surface area contributed by atoms with Crippen molar-refractivity contribution < 1.29 is 0 Å². The van der Waals surface area contributed by atoms with Crippen LogP contribution in [-0.2, 0) is 0 Å². The summed E-state index contributed by atoms with van der Waals surface area (Å²) in [7, 11) is 0. The molecule has 96 valence electrons. The second-order valence-corrected chi connectivity index (χ2v) is 5.49. The second-order valence-electron chi connectivity index (χ2n) is 4.24. The fraction of sp³-hybridized carbons (Fsp3) is 0.214. The number of rotatable bonds is 2. The van der Waals surface area contributed by atoms with Gasteiger partial charge in [0.1, 0.15) is 0 Å². The lowest BCUT2D eigenvalue weighted by Gasteiger charge is -2.06. The number of H-pyrrole nitrogens is 1. The third kappa shape index (κ3) is 2.00. The van der Waals surface area contributed by atoms with Gasteiger partial charge in [-0.25, -0.2) is 4.98 Å². The van der Waals surface area contributed by atoms with E-state index in [1.54, 1.807) is 0 Å². The van der Waals surface area contributed by atoms with Gasteiger partial charge in [-0.1, -0.05) is 36.9 Å². The molecule has 3 aromatic rings. The molecule has 0 aliphatic rings. The number of fused-ring (bicyclic) bond motifs is 3. The first-order valence-corrected chi connectivity index (χ1v) is 7.11. The number of aromatic amines is 1. The molecule has 0 atom stereocenters. The Morgan fingerprint density at radius 3 is 2.84 bits per heavy atom. The SMILES string of the molecule is CCSc1nc2c(c(C)nc3ccccc32)c(=O)[nH]1. The van der Waals surface area contributed by atoms with E-state index in [1.165, 1.54) is 11.8 Å². The van der Waals surface area contributed by atoms with Crippen molar-refractivity contribution in [1.29, 1.82) is 0 Å². The Hall–Kier alpha value is -1.88. The molecule has 0 bridgehead atoms. The summed E-state index contributed by atoms with van der Waals surface area (Å²) >= 11 is 1.53. The van der Waals surface area contributed by atoms with Gasteiger partial charge >= 0.3 is 0 Å². The predicted molar refractivity (Wildman–Crippen MR) is 78.8 cm³/mol. The average Bonchev–Trinajstić information content (AvgIpc) is 2.38. The quantitative estimate of drug-likeness (QED) is 0.442. The van der Waals surface area contributed by atoms with Crippen LogP contribution in [0, 0.1) is 6.92 Å². The van der Waals surface area contributed by atoms with Crippen LogP contribution < -0.4 is 5.56 Å². The number of pyridine rings is 1. The van der Waals surface area contributed by atoms with E-state index in [-0.39, 0.29) is 5.56 Å². The Morgan fingerprint density at radius 1 is 1.26 bits per heavy atom. The maximum atomic E-state index is 12.2. The number of benzene rings is 1. The van der Waals surface area contributed by atoms with Crippen LogP contribution in [0.3, 0.4) is 0 Å². The summed E-state index contributed by atoms with van der Waals surface area (Å²) in [6.07, 6.45) is 0. The topological polar surface area (TPSA) is 58.6 Å². The van der Waals surface area contributed by atoms with E-state index in [0.29, 0.717) is 10.5 Å². The monoisotopic (exact) mass is 271 g/mol. The molecule has 1 N–H and O–H groups in total. The van der Waals surface area contributed by atoms with Gasteiger partial charge in [0.25, 0.3) is 5.56 Å². The van der Waals surface area contributed by atoms with Gasteiger partial charge in [0, 0.05) is 5.39 Å². The number of para-hydroxylation sites is 1. The molecule has 0 spiro atoms. The molecule has 5 heteroatoms. The number of aromatic nitrogens is 3. The molecule has 19 heavy (non-hydrogen) atoms. The molecule has 0 fully saturated rings. The molecular formula is C14H13N3OS. The van der Waals surface area contributed by atoms with Crippen molar-refractivity contribution in [2.24, 2.45) is 0 Å². The van der Waals surface area contributed by atoms with Gasteiger partial charge in [-0.15, -0.1) is 0 Å². The first kappa shape index (κ1) is 12.2. The van der Waals surface area contributed by atoms with Crippen LogP contribution in [-0.4, -0.2) is 20.7 Å². The zero-order valence-electron chi connectivity index (χ0n) is 10.7. The third-order valence-electron chi connectivity index (χ3n) is 2.99. The molecule has 0 aliphatic carbocycles. The molecule has 0 unspecified atom stereocenters. The molecule has 0 aliphatic heterocycles. The Kier molecular flexibility index (Phi) is 2.98. The van der Waals surface area contributed by atoms with Crippen LogP contribution in [0.1, 0.15) is 12.6 Å². The Bertz CT molecular complexity index is 826.